The highest BCUT2D eigenvalue weighted by Crippen LogP contribution is 2.61. The molecule has 0 aromatic carbocycles. The van der Waals surface area contributed by atoms with E-state index in [0.717, 1.165) is 6.42 Å². The number of nitrogens with zero attached hydrogens (tertiary/aromatic N) is 1. The summed E-state index contributed by atoms with van der Waals surface area (Å²) in [5.74, 6) is 0.934. The Balaban J connectivity index is 1.61. The summed E-state index contributed by atoms with van der Waals surface area (Å²) in [6, 6.07) is 3.49. The first-order valence-electron chi connectivity index (χ1n) is 6.62. The number of nitrogens with one attached hydrogen (secondary N) is 1. The predicted octanol–water partition coefficient (Wildman–Crippen LogP) is 3.64. The summed E-state index contributed by atoms with van der Waals surface area (Å²) < 4.78 is 0. The molecule has 1 aromatic rings. The Morgan fingerprint density at radius 2 is 2.11 bits per heavy atom. The maximum Gasteiger partial charge on any atom is 0.229 e. The van der Waals surface area contributed by atoms with Crippen LogP contribution in [0.25, 0.3) is 0 Å². The number of anilines is 1. The smallest absolute Gasteiger partial charge is 0.229 e. The maximum absolute atomic E-state index is 12.1. The average molecular weight is 265 g/mol. The molecule has 1 amide bonds. The highest BCUT2D eigenvalue weighted by Gasteiger charge is 2.57. The topological polar surface area (TPSA) is 42.0 Å². The summed E-state index contributed by atoms with van der Waals surface area (Å²) in [6.45, 7) is 0. The van der Waals surface area contributed by atoms with Gasteiger partial charge in [0, 0.05) is 12.1 Å². The van der Waals surface area contributed by atoms with Crippen molar-refractivity contribution in [3.05, 3.63) is 23.4 Å². The Morgan fingerprint density at radius 1 is 1.33 bits per heavy atom. The van der Waals surface area contributed by atoms with Gasteiger partial charge in [-0.15, -0.1) is 0 Å². The van der Waals surface area contributed by atoms with E-state index in [-0.39, 0.29) is 11.8 Å². The lowest BCUT2D eigenvalue weighted by Gasteiger charge is -2.21. The van der Waals surface area contributed by atoms with Gasteiger partial charge in [0.2, 0.25) is 5.91 Å². The molecule has 1 atom stereocenters. The predicted molar refractivity (Wildman–Crippen MR) is 71.5 cm³/mol. The van der Waals surface area contributed by atoms with Crippen LogP contribution in [0.15, 0.2) is 18.3 Å². The first-order valence-corrected chi connectivity index (χ1v) is 7.00. The molecule has 96 valence electrons. The van der Waals surface area contributed by atoms with Crippen molar-refractivity contribution >= 4 is 23.3 Å². The van der Waals surface area contributed by atoms with Crippen molar-refractivity contribution in [1.82, 2.24) is 4.98 Å². The van der Waals surface area contributed by atoms with Crippen LogP contribution in [0.2, 0.25) is 5.02 Å². The van der Waals surface area contributed by atoms with Crippen molar-refractivity contribution in [2.24, 2.45) is 11.3 Å². The van der Waals surface area contributed by atoms with Gasteiger partial charge in [0.05, 0.1) is 5.02 Å². The third-order valence-electron chi connectivity index (χ3n) is 4.33. The van der Waals surface area contributed by atoms with Gasteiger partial charge in [-0.1, -0.05) is 30.9 Å². The molecule has 2 fully saturated rings. The monoisotopic (exact) mass is 264 g/mol. The van der Waals surface area contributed by atoms with Crippen LogP contribution in [-0.2, 0) is 4.79 Å². The van der Waals surface area contributed by atoms with Gasteiger partial charge in [-0.25, -0.2) is 4.98 Å². The lowest BCUT2D eigenvalue weighted by Crippen LogP contribution is -2.20. The van der Waals surface area contributed by atoms with Gasteiger partial charge >= 0.3 is 0 Å². The number of aromatic nitrogens is 1. The van der Waals surface area contributed by atoms with Crippen LogP contribution in [0.3, 0.4) is 0 Å². The van der Waals surface area contributed by atoms with E-state index in [1.807, 2.05) is 0 Å². The second kappa shape index (κ2) is 4.54. The molecule has 2 aliphatic rings. The molecular weight excluding hydrogens is 248 g/mol. The lowest BCUT2D eigenvalue weighted by atomic mass is 9.84. The van der Waals surface area contributed by atoms with E-state index in [2.05, 4.69) is 10.3 Å². The zero-order valence-corrected chi connectivity index (χ0v) is 11.0. The van der Waals surface area contributed by atoms with E-state index >= 15 is 0 Å². The van der Waals surface area contributed by atoms with Gasteiger partial charge in [-0.05, 0) is 36.8 Å². The summed E-state index contributed by atoms with van der Waals surface area (Å²) >= 11 is 5.76. The highest BCUT2D eigenvalue weighted by molar-refractivity contribution is 6.30. The summed E-state index contributed by atoms with van der Waals surface area (Å²) in [4.78, 5) is 16.2. The van der Waals surface area contributed by atoms with Gasteiger partial charge in [0.15, 0.2) is 0 Å². The molecule has 2 aliphatic carbocycles. The molecule has 1 spiro atoms. The number of carbonyl (C=O) groups excluding carboxylic acids is 1. The standard InChI is InChI=1S/C14H17ClN2O/c15-10-4-5-12(16-9-10)17-13(18)11-8-14(11)6-2-1-3-7-14/h4-5,9,11H,1-3,6-8H2,(H,16,17,18). The molecule has 0 radical (unpaired) electrons. The van der Waals surface area contributed by atoms with Gasteiger partial charge in [0.1, 0.15) is 5.82 Å². The van der Waals surface area contributed by atoms with E-state index in [4.69, 9.17) is 11.6 Å². The fourth-order valence-corrected chi connectivity index (χ4v) is 3.30. The minimum absolute atomic E-state index is 0.131. The molecule has 1 unspecified atom stereocenters. The molecule has 4 heteroatoms. The van der Waals surface area contributed by atoms with Crippen LogP contribution in [0, 0.1) is 11.3 Å². The first kappa shape index (κ1) is 12.0. The average Bonchev–Trinajstić information content (AvgIpc) is 3.07. The number of rotatable bonds is 2. The Kier molecular flexibility index (Phi) is 3.02. The van der Waals surface area contributed by atoms with Crippen molar-refractivity contribution in [3.63, 3.8) is 0 Å². The normalized spacial score (nSPS) is 24.8. The van der Waals surface area contributed by atoms with Gasteiger partial charge in [-0.3, -0.25) is 4.79 Å². The number of hydrogen-bond acceptors (Lipinski definition) is 2. The number of amides is 1. The van der Waals surface area contributed by atoms with Gasteiger partial charge in [0.25, 0.3) is 0 Å². The van der Waals surface area contributed by atoms with E-state index in [0.29, 0.717) is 16.3 Å². The summed E-state index contributed by atoms with van der Waals surface area (Å²) in [5.41, 5.74) is 0.328. The Hall–Kier alpha value is -1.09. The number of hydrogen-bond donors (Lipinski definition) is 1. The molecule has 3 rings (SSSR count). The first-order chi connectivity index (χ1) is 8.70. The van der Waals surface area contributed by atoms with Crippen molar-refractivity contribution < 1.29 is 4.79 Å². The lowest BCUT2D eigenvalue weighted by molar-refractivity contribution is -0.118. The van der Waals surface area contributed by atoms with E-state index in [1.54, 1.807) is 18.3 Å². The van der Waals surface area contributed by atoms with Gasteiger partial charge < -0.3 is 5.32 Å². The fraction of sp³-hybridized carbons (Fsp3) is 0.571. The molecule has 3 nitrogen and oxygen atoms in total. The third kappa shape index (κ3) is 2.24. The van der Waals surface area contributed by atoms with Crippen molar-refractivity contribution in [2.75, 3.05) is 5.32 Å². The quantitative estimate of drug-likeness (QED) is 0.886. The van der Waals surface area contributed by atoms with E-state index in [9.17, 15) is 4.79 Å². The number of pyridine rings is 1. The Labute approximate surface area is 112 Å². The largest absolute Gasteiger partial charge is 0.310 e. The second-order valence-electron chi connectivity index (χ2n) is 5.53. The minimum Gasteiger partial charge on any atom is -0.310 e. The van der Waals surface area contributed by atoms with Crippen LogP contribution in [0.5, 0.6) is 0 Å². The van der Waals surface area contributed by atoms with Crippen LogP contribution in [0.4, 0.5) is 5.82 Å². The second-order valence-corrected chi connectivity index (χ2v) is 5.97. The Morgan fingerprint density at radius 3 is 2.78 bits per heavy atom. The van der Waals surface area contributed by atoms with Gasteiger partial charge in [-0.2, -0.15) is 0 Å². The maximum atomic E-state index is 12.1. The Bertz CT molecular complexity index is 451. The molecule has 18 heavy (non-hydrogen) atoms. The molecule has 0 aliphatic heterocycles. The molecule has 0 bridgehead atoms. The fourth-order valence-electron chi connectivity index (χ4n) is 3.19. The SMILES string of the molecule is O=C(Nc1ccc(Cl)cn1)C1CC12CCCCC2. The zero-order chi connectivity index (χ0) is 12.6. The number of halogens is 1. The molecule has 0 saturated heterocycles. The summed E-state index contributed by atoms with van der Waals surface area (Å²) in [7, 11) is 0. The van der Waals surface area contributed by atoms with Crippen molar-refractivity contribution in [2.45, 2.75) is 38.5 Å². The zero-order valence-electron chi connectivity index (χ0n) is 10.3. The molecule has 1 aromatic heterocycles. The van der Waals surface area contributed by atoms with Crippen molar-refractivity contribution in [3.8, 4) is 0 Å². The number of carbonyl (C=O) groups is 1. The summed E-state index contributed by atoms with van der Waals surface area (Å²) in [6.07, 6.45) is 8.95. The van der Waals surface area contributed by atoms with Crippen LogP contribution in [-0.4, -0.2) is 10.9 Å². The molecule has 1 heterocycles. The van der Waals surface area contributed by atoms with Crippen molar-refractivity contribution in [1.29, 1.82) is 0 Å². The van der Waals surface area contributed by atoms with Crippen LogP contribution < -0.4 is 5.32 Å². The molecule has 1 N–H and O–H groups in total. The summed E-state index contributed by atoms with van der Waals surface area (Å²) in [5, 5.41) is 3.48. The van der Waals surface area contributed by atoms with E-state index < -0.39 is 0 Å². The molecule has 2 saturated carbocycles. The molecular formula is C14H17ClN2O. The minimum atomic E-state index is 0.131. The van der Waals surface area contributed by atoms with Crippen LogP contribution >= 0.6 is 11.6 Å². The van der Waals surface area contributed by atoms with Crippen LogP contribution in [0.1, 0.15) is 38.5 Å². The van der Waals surface area contributed by atoms with E-state index in [1.165, 1.54) is 32.1 Å². The third-order valence-corrected chi connectivity index (χ3v) is 4.56. The highest BCUT2D eigenvalue weighted by atomic mass is 35.5.